The molecule has 0 unspecified atom stereocenters. The van der Waals surface area contributed by atoms with Crippen molar-refractivity contribution < 1.29 is 14.3 Å². The summed E-state index contributed by atoms with van der Waals surface area (Å²) in [6, 6.07) is 8.72. The van der Waals surface area contributed by atoms with Crippen molar-refractivity contribution >= 4 is 5.97 Å². The van der Waals surface area contributed by atoms with Crippen LogP contribution in [0.1, 0.15) is 76.2 Å². The molecule has 2 aliphatic rings. The third kappa shape index (κ3) is 5.60. The van der Waals surface area contributed by atoms with E-state index in [1.165, 1.54) is 44.1 Å². The lowest BCUT2D eigenvalue weighted by atomic mass is 9.69. The Morgan fingerprint density at radius 3 is 2.15 bits per heavy atom. The van der Waals surface area contributed by atoms with Crippen molar-refractivity contribution in [2.24, 2.45) is 11.8 Å². The van der Waals surface area contributed by atoms with Gasteiger partial charge in [-0.05, 0) is 93.7 Å². The fourth-order valence-electron chi connectivity index (χ4n) is 4.96. The van der Waals surface area contributed by atoms with Crippen LogP contribution in [-0.2, 0) is 9.53 Å². The Hall–Kier alpha value is -1.77. The number of benzene rings is 1. The Balaban J connectivity index is 1.42. The maximum atomic E-state index is 11.6. The van der Waals surface area contributed by atoms with Crippen molar-refractivity contribution in [1.82, 2.24) is 0 Å². The van der Waals surface area contributed by atoms with E-state index in [4.69, 9.17) is 9.47 Å². The third-order valence-electron chi connectivity index (χ3n) is 6.43. The highest BCUT2D eigenvalue weighted by atomic mass is 16.5. The van der Waals surface area contributed by atoms with Crippen LogP contribution in [0.3, 0.4) is 0 Å². The average molecular weight is 371 g/mol. The lowest BCUT2D eigenvalue weighted by Crippen LogP contribution is -2.29. The Bertz CT molecular complexity index is 591. The van der Waals surface area contributed by atoms with Crippen LogP contribution in [0.25, 0.3) is 0 Å². The molecule has 2 fully saturated rings. The molecule has 3 heteroatoms. The Morgan fingerprint density at radius 2 is 1.59 bits per heavy atom. The molecule has 1 aromatic carbocycles. The normalized spacial score (nSPS) is 28.3. The molecular weight excluding hydrogens is 336 g/mol. The fraction of sp³-hybridized carbons (Fsp3) is 0.625. The highest BCUT2D eigenvalue weighted by Crippen LogP contribution is 2.43. The van der Waals surface area contributed by atoms with E-state index in [2.05, 4.69) is 30.8 Å². The molecule has 0 aliphatic heterocycles. The predicted octanol–water partition coefficient (Wildman–Crippen LogP) is 6.04. The Labute approximate surface area is 164 Å². The Kier molecular flexibility index (Phi) is 7.37. The first-order valence-electron chi connectivity index (χ1n) is 10.7. The lowest BCUT2D eigenvalue weighted by Gasteiger charge is -2.37. The molecule has 0 bridgehead atoms. The van der Waals surface area contributed by atoms with E-state index >= 15 is 0 Å². The molecule has 1 aromatic rings. The molecule has 3 rings (SSSR count). The van der Waals surface area contributed by atoms with Gasteiger partial charge in [-0.3, -0.25) is 4.79 Å². The maximum Gasteiger partial charge on any atom is 0.309 e. The van der Waals surface area contributed by atoms with Crippen LogP contribution in [0.15, 0.2) is 36.9 Å². The van der Waals surface area contributed by atoms with Gasteiger partial charge in [0, 0.05) is 0 Å². The monoisotopic (exact) mass is 370 g/mol. The third-order valence-corrected chi connectivity index (χ3v) is 6.43. The zero-order valence-corrected chi connectivity index (χ0v) is 16.7. The van der Waals surface area contributed by atoms with Gasteiger partial charge < -0.3 is 9.47 Å². The summed E-state index contributed by atoms with van der Waals surface area (Å²) < 4.78 is 11.1. The van der Waals surface area contributed by atoms with Crippen LogP contribution in [0.2, 0.25) is 0 Å². The zero-order valence-electron chi connectivity index (χ0n) is 16.7. The summed E-state index contributed by atoms with van der Waals surface area (Å²) in [5.41, 5.74) is 1.47. The molecule has 148 valence electrons. The van der Waals surface area contributed by atoms with E-state index in [-0.39, 0.29) is 12.1 Å². The van der Waals surface area contributed by atoms with Crippen LogP contribution >= 0.6 is 0 Å². The van der Waals surface area contributed by atoms with Gasteiger partial charge in [0.15, 0.2) is 0 Å². The molecule has 0 amide bonds. The van der Waals surface area contributed by atoms with Crippen molar-refractivity contribution in [2.45, 2.75) is 76.7 Å². The fourth-order valence-corrected chi connectivity index (χ4v) is 4.96. The number of carbonyl (C=O) groups excluding carboxylic acids is 1. The molecule has 2 saturated carbocycles. The first-order chi connectivity index (χ1) is 13.2. The van der Waals surface area contributed by atoms with Crippen LogP contribution in [0.4, 0.5) is 0 Å². The number of hydrogen-bond donors (Lipinski definition) is 0. The number of hydrogen-bond acceptors (Lipinski definition) is 3. The van der Waals surface area contributed by atoms with Gasteiger partial charge in [-0.2, -0.15) is 0 Å². The smallest absolute Gasteiger partial charge is 0.309 e. The second-order valence-electron chi connectivity index (χ2n) is 8.13. The summed E-state index contributed by atoms with van der Waals surface area (Å²) in [5.74, 6) is 3.23. The van der Waals surface area contributed by atoms with Gasteiger partial charge in [0.25, 0.3) is 0 Å². The van der Waals surface area contributed by atoms with Crippen molar-refractivity contribution in [3.63, 3.8) is 0 Å². The molecular formula is C24H34O3. The molecule has 27 heavy (non-hydrogen) atoms. The summed E-state index contributed by atoms with van der Waals surface area (Å²) in [6.45, 7) is 6.34. The van der Waals surface area contributed by atoms with Crippen LogP contribution < -0.4 is 4.74 Å². The van der Waals surface area contributed by atoms with Crippen molar-refractivity contribution in [3.8, 4) is 5.75 Å². The van der Waals surface area contributed by atoms with Crippen LogP contribution in [-0.4, -0.2) is 18.7 Å². The molecule has 0 heterocycles. The standard InChI is InChI=1S/C24H34O3/c1-3-5-24(25)27-23-16-12-21(13-17-23)19-8-6-18(7-9-19)20-10-14-22(15-11-20)26-4-2/h3,10-11,14-15,18-19,21,23H,1,4-9,12-13,16-17H2,2H3/t18-,19-,21?,23?. The summed E-state index contributed by atoms with van der Waals surface area (Å²) in [7, 11) is 0. The molecule has 0 saturated heterocycles. The van der Waals surface area contributed by atoms with E-state index in [1.807, 2.05) is 6.92 Å². The first-order valence-corrected chi connectivity index (χ1v) is 10.7. The molecule has 0 radical (unpaired) electrons. The minimum absolute atomic E-state index is 0.121. The molecule has 3 nitrogen and oxygen atoms in total. The van der Waals surface area contributed by atoms with E-state index < -0.39 is 0 Å². The van der Waals surface area contributed by atoms with Crippen LogP contribution in [0.5, 0.6) is 5.75 Å². The number of rotatable bonds is 7. The largest absolute Gasteiger partial charge is 0.494 e. The van der Waals surface area contributed by atoms with Gasteiger partial charge >= 0.3 is 5.97 Å². The van der Waals surface area contributed by atoms with E-state index in [1.54, 1.807) is 6.08 Å². The van der Waals surface area contributed by atoms with E-state index in [0.717, 1.165) is 37.0 Å². The first kappa shape index (κ1) is 20.0. The Morgan fingerprint density at radius 1 is 1.00 bits per heavy atom. The van der Waals surface area contributed by atoms with Gasteiger partial charge in [0.2, 0.25) is 0 Å². The van der Waals surface area contributed by atoms with Gasteiger partial charge in [0.1, 0.15) is 11.9 Å². The van der Waals surface area contributed by atoms with E-state index in [9.17, 15) is 4.79 Å². The summed E-state index contributed by atoms with van der Waals surface area (Å²) >= 11 is 0. The molecule has 0 atom stereocenters. The van der Waals surface area contributed by atoms with Crippen molar-refractivity contribution in [3.05, 3.63) is 42.5 Å². The van der Waals surface area contributed by atoms with Crippen molar-refractivity contribution in [2.75, 3.05) is 6.61 Å². The van der Waals surface area contributed by atoms with Gasteiger partial charge in [-0.1, -0.05) is 18.2 Å². The predicted molar refractivity (Wildman–Crippen MR) is 109 cm³/mol. The zero-order chi connectivity index (χ0) is 19.1. The minimum Gasteiger partial charge on any atom is -0.494 e. The number of ether oxygens (including phenoxy) is 2. The minimum atomic E-state index is -0.121. The van der Waals surface area contributed by atoms with E-state index in [0.29, 0.717) is 12.3 Å². The summed E-state index contributed by atoms with van der Waals surface area (Å²) in [4.78, 5) is 11.6. The average Bonchev–Trinajstić information content (AvgIpc) is 2.70. The molecule has 0 aromatic heterocycles. The van der Waals surface area contributed by atoms with Gasteiger partial charge in [-0.25, -0.2) is 0 Å². The quantitative estimate of drug-likeness (QED) is 0.434. The van der Waals surface area contributed by atoms with Gasteiger partial charge in [0.05, 0.1) is 13.0 Å². The second-order valence-corrected chi connectivity index (χ2v) is 8.13. The number of carbonyl (C=O) groups is 1. The molecule has 2 aliphatic carbocycles. The highest BCUT2D eigenvalue weighted by molar-refractivity contribution is 5.71. The SMILES string of the molecule is C=CCC(=O)OC1CCC([C@H]2CC[C@H](c3ccc(OCC)cc3)CC2)CC1. The van der Waals surface area contributed by atoms with Gasteiger partial charge in [-0.15, -0.1) is 6.58 Å². The van der Waals surface area contributed by atoms with Crippen molar-refractivity contribution in [1.29, 1.82) is 0 Å². The molecule has 0 spiro atoms. The summed E-state index contributed by atoms with van der Waals surface area (Å²) in [6.07, 6.45) is 11.8. The lowest BCUT2D eigenvalue weighted by molar-refractivity contribution is -0.150. The topological polar surface area (TPSA) is 35.5 Å². The molecule has 0 N–H and O–H groups in total. The maximum absolute atomic E-state index is 11.6. The number of esters is 1. The van der Waals surface area contributed by atoms with Crippen LogP contribution in [0, 0.1) is 11.8 Å². The second kappa shape index (κ2) is 9.96. The summed E-state index contributed by atoms with van der Waals surface area (Å²) in [5, 5.41) is 0. The highest BCUT2D eigenvalue weighted by Gasteiger charge is 2.32.